The Morgan fingerprint density at radius 1 is 1.10 bits per heavy atom. The van der Waals surface area contributed by atoms with Crippen molar-refractivity contribution in [3.8, 4) is 0 Å². The number of hydrogen-bond donors (Lipinski definition) is 1. The van der Waals surface area contributed by atoms with E-state index in [4.69, 9.17) is 0 Å². The molecule has 0 aliphatic rings. The van der Waals surface area contributed by atoms with Crippen molar-refractivity contribution in [3.05, 3.63) is 35.4 Å². The van der Waals surface area contributed by atoms with Gasteiger partial charge in [0, 0.05) is 0 Å². The van der Waals surface area contributed by atoms with Crippen LogP contribution in [0.3, 0.4) is 0 Å². The van der Waals surface area contributed by atoms with Crippen LogP contribution in [0.1, 0.15) is 18.1 Å². The molecule has 0 atom stereocenters. The highest BCUT2D eigenvalue weighted by molar-refractivity contribution is 5.20. The maximum atomic E-state index is 2.18. The standard InChI is InChI=1S/C9H12.HO/c1-3-9-6-4-8(2)5-7-9;/h4-7H,3H2,1-2H3;1H. The first-order valence-corrected chi connectivity index (χ1v) is 3.38. The molecule has 1 N–H and O–H groups in total. The van der Waals surface area contributed by atoms with Gasteiger partial charge in [0.2, 0.25) is 0 Å². The molecule has 0 aliphatic heterocycles. The summed E-state index contributed by atoms with van der Waals surface area (Å²) in [6.07, 6.45) is 1.14. The van der Waals surface area contributed by atoms with Gasteiger partial charge in [0.25, 0.3) is 0 Å². The van der Waals surface area contributed by atoms with E-state index in [0.29, 0.717) is 0 Å². The van der Waals surface area contributed by atoms with E-state index in [9.17, 15) is 0 Å². The maximum absolute atomic E-state index is 2.18. The quantitative estimate of drug-likeness (QED) is 0.616. The van der Waals surface area contributed by atoms with Gasteiger partial charge < -0.3 is 0 Å². The molecule has 1 rings (SSSR count). The van der Waals surface area contributed by atoms with Crippen molar-refractivity contribution in [3.63, 3.8) is 0 Å². The molecular formula is C9H13O. The predicted molar refractivity (Wildman–Crippen MR) is 42.5 cm³/mol. The third-order valence-electron chi connectivity index (χ3n) is 1.53. The first-order chi connectivity index (χ1) is 4.33. The average Bonchev–Trinajstić information content (AvgIpc) is 1.90. The minimum Gasteiger partial charge on any atom is -0.255 e. The minimum absolute atomic E-state index is 0. The topological polar surface area (TPSA) is 30.0 Å². The smallest absolute Gasteiger partial charge is 0.0307 e. The Kier molecular flexibility index (Phi) is 3.74. The van der Waals surface area contributed by atoms with Crippen LogP contribution in [-0.2, 0) is 6.42 Å². The zero-order valence-electron chi connectivity index (χ0n) is 6.46. The van der Waals surface area contributed by atoms with Gasteiger partial charge in [-0.3, -0.25) is 5.48 Å². The van der Waals surface area contributed by atoms with E-state index >= 15 is 0 Å². The van der Waals surface area contributed by atoms with E-state index in [1.165, 1.54) is 11.1 Å². The Hall–Kier alpha value is -0.820. The van der Waals surface area contributed by atoms with Crippen LogP contribution >= 0.6 is 0 Å². The van der Waals surface area contributed by atoms with E-state index in [2.05, 4.69) is 38.1 Å². The largest absolute Gasteiger partial charge is 0.255 e. The molecule has 1 aromatic carbocycles. The summed E-state index contributed by atoms with van der Waals surface area (Å²) in [6, 6.07) is 8.66. The lowest BCUT2D eigenvalue weighted by molar-refractivity contribution is 0.824. The lowest BCUT2D eigenvalue weighted by Crippen LogP contribution is -1.77. The van der Waals surface area contributed by atoms with Gasteiger partial charge in [-0.15, -0.1) is 0 Å². The van der Waals surface area contributed by atoms with Gasteiger partial charge in [-0.1, -0.05) is 36.8 Å². The summed E-state index contributed by atoms with van der Waals surface area (Å²) in [5.74, 6) is 0. The molecule has 0 heterocycles. The second-order valence-electron chi connectivity index (χ2n) is 2.34. The second-order valence-corrected chi connectivity index (χ2v) is 2.34. The molecule has 1 radical (unpaired) electrons. The number of hydrogen-bond acceptors (Lipinski definition) is 0. The Labute approximate surface area is 62.0 Å². The molecule has 0 unspecified atom stereocenters. The maximum Gasteiger partial charge on any atom is -0.0307 e. The zero-order valence-corrected chi connectivity index (χ0v) is 6.46. The predicted octanol–water partition coefficient (Wildman–Crippen LogP) is 2.38. The van der Waals surface area contributed by atoms with Crippen molar-refractivity contribution in [2.75, 3.05) is 0 Å². The van der Waals surface area contributed by atoms with E-state index in [1.54, 1.807) is 0 Å². The van der Waals surface area contributed by atoms with Crippen LogP contribution in [0.2, 0.25) is 0 Å². The first kappa shape index (κ1) is 9.18. The van der Waals surface area contributed by atoms with Crippen LogP contribution in [-0.4, -0.2) is 5.48 Å². The molecule has 0 spiro atoms. The molecule has 1 aromatic rings. The van der Waals surface area contributed by atoms with E-state index in [0.717, 1.165) is 6.42 Å². The molecule has 0 aliphatic carbocycles. The van der Waals surface area contributed by atoms with Crippen molar-refractivity contribution in [1.82, 2.24) is 0 Å². The van der Waals surface area contributed by atoms with E-state index < -0.39 is 0 Å². The summed E-state index contributed by atoms with van der Waals surface area (Å²) >= 11 is 0. The minimum atomic E-state index is 0. The van der Waals surface area contributed by atoms with Gasteiger partial charge in [-0.25, -0.2) is 0 Å². The second kappa shape index (κ2) is 4.07. The summed E-state index contributed by atoms with van der Waals surface area (Å²) in [4.78, 5) is 0. The average molecular weight is 137 g/mol. The Morgan fingerprint density at radius 3 is 2.00 bits per heavy atom. The van der Waals surface area contributed by atoms with Gasteiger partial charge in [0.15, 0.2) is 0 Å². The fourth-order valence-corrected chi connectivity index (χ4v) is 0.824. The van der Waals surface area contributed by atoms with Crippen LogP contribution in [0, 0.1) is 6.92 Å². The van der Waals surface area contributed by atoms with Crippen LogP contribution in [0.15, 0.2) is 24.3 Å². The molecule has 10 heavy (non-hydrogen) atoms. The molecule has 1 heteroatoms. The van der Waals surface area contributed by atoms with Crippen molar-refractivity contribution < 1.29 is 5.48 Å². The third kappa shape index (κ3) is 2.19. The summed E-state index contributed by atoms with van der Waals surface area (Å²) < 4.78 is 0. The summed E-state index contributed by atoms with van der Waals surface area (Å²) in [5, 5.41) is 0. The third-order valence-corrected chi connectivity index (χ3v) is 1.53. The summed E-state index contributed by atoms with van der Waals surface area (Å²) in [6.45, 7) is 4.28. The lowest BCUT2D eigenvalue weighted by Gasteiger charge is -1.94. The fraction of sp³-hybridized carbons (Fsp3) is 0.333. The van der Waals surface area contributed by atoms with Gasteiger partial charge in [-0.05, 0) is 18.9 Å². The Balaban J connectivity index is 0.000000810. The lowest BCUT2D eigenvalue weighted by atomic mass is 10.1. The Bertz CT molecular complexity index is 176. The van der Waals surface area contributed by atoms with Gasteiger partial charge in [0.05, 0.1) is 0 Å². The van der Waals surface area contributed by atoms with Crippen LogP contribution in [0.5, 0.6) is 0 Å². The number of rotatable bonds is 1. The van der Waals surface area contributed by atoms with E-state index in [1.807, 2.05) is 0 Å². The van der Waals surface area contributed by atoms with Gasteiger partial charge in [-0.2, -0.15) is 0 Å². The highest BCUT2D eigenvalue weighted by Gasteiger charge is 1.84. The molecule has 0 fully saturated rings. The van der Waals surface area contributed by atoms with Gasteiger partial charge >= 0.3 is 0 Å². The van der Waals surface area contributed by atoms with Crippen LogP contribution in [0.25, 0.3) is 0 Å². The van der Waals surface area contributed by atoms with Gasteiger partial charge in [0.1, 0.15) is 0 Å². The molecule has 0 saturated heterocycles. The highest BCUT2D eigenvalue weighted by atomic mass is 16.0. The van der Waals surface area contributed by atoms with Crippen molar-refractivity contribution in [2.24, 2.45) is 0 Å². The SMILES string of the molecule is CCc1ccc(C)cc1.[OH]. The molecule has 55 valence electrons. The van der Waals surface area contributed by atoms with Crippen LogP contribution < -0.4 is 0 Å². The first-order valence-electron chi connectivity index (χ1n) is 3.38. The zero-order chi connectivity index (χ0) is 6.69. The van der Waals surface area contributed by atoms with Crippen LogP contribution in [0.4, 0.5) is 0 Å². The van der Waals surface area contributed by atoms with Crippen molar-refractivity contribution in [2.45, 2.75) is 20.3 Å². The number of benzene rings is 1. The molecule has 1 nitrogen and oxygen atoms in total. The monoisotopic (exact) mass is 137 g/mol. The number of aryl methyl sites for hydroxylation is 2. The highest BCUT2D eigenvalue weighted by Crippen LogP contribution is 2.02. The molecule has 0 amide bonds. The normalized spacial score (nSPS) is 8.60. The Morgan fingerprint density at radius 2 is 1.60 bits per heavy atom. The molecule has 0 aromatic heterocycles. The molecule has 0 bridgehead atoms. The van der Waals surface area contributed by atoms with Crippen molar-refractivity contribution in [1.29, 1.82) is 0 Å². The molecular weight excluding hydrogens is 124 g/mol. The summed E-state index contributed by atoms with van der Waals surface area (Å²) in [7, 11) is 0. The van der Waals surface area contributed by atoms with Crippen molar-refractivity contribution >= 4 is 0 Å². The summed E-state index contributed by atoms with van der Waals surface area (Å²) in [5.41, 5.74) is 2.76. The fourth-order valence-electron chi connectivity index (χ4n) is 0.824. The molecule has 0 saturated carbocycles. The van der Waals surface area contributed by atoms with E-state index in [-0.39, 0.29) is 5.48 Å².